The number of rotatable bonds is 6. The van der Waals surface area contributed by atoms with E-state index in [9.17, 15) is 10.3 Å². The number of para-hydroxylation sites is 1. The zero-order valence-corrected chi connectivity index (χ0v) is 20.9. The van der Waals surface area contributed by atoms with Crippen molar-refractivity contribution >= 4 is 34.4 Å². The van der Waals surface area contributed by atoms with Crippen molar-refractivity contribution in [2.75, 3.05) is 43.0 Å². The lowest BCUT2D eigenvalue weighted by molar-refractivity contribution is -0.471. The van der Waals surface area contributed by atoms with Gasteiger partial charge in [0, 0.05) is 46.5 Å². The van der Waals surface area contributed by atoms with Crippen molar-refractivity contribution in [1.29, 1.82) is 0 Å². The van der Waals surface area contributed by atoms with Gasteiger partial charge in [-0.3, -0.25) is 0 Å². The summed E-state index contributed by atoms with van der Waals surface area (Å²) in [5.41, 5.74) is 2.87. The summed E-state index contributed by atoms with van der Waals surface area (Å²) < 4.78 is 0. The molecule has 3 aromatic rings. The highest BCUT2D eigenvalue weighted by Gasteiger charge is 2.57. The number of nitrogens with zero attached hydrogens (tertiary/aromatic N) is 4. The van der Waals surface area contributed by atoms with Crippen molar-refractivity contribution in [3.05, 3.63) is 95.2 Å². The van der Waals surface area contributed by atoms with Crippen LogP contribution in [0.15, 0.2) is 78.9 Å². The normalized spacial score (nSPS) is 18.4. The second-order valence-corrected chi connectivity index (χ2v) is 9.56. The van der Waals surface area contributed by atoms with E-state index >= 15 is 0 Å². The third-order valence-electron chi connectivity index (χ3n) is 6.53. The largest absolute Gasteiger partial charge is 0.596 e. The SMILES string of the molecule is CC1=[N+]([O-])N(c2ccccc2)C(C(O)(c2ccc(N(C)C)cc2)c2ccc(N(C)C)cc2)C1Cl. The van der Waals surface area contributed by atoms with Crippen LogP contribution in [-0.2, 0) is 5.60 Å². The van der Waals surface area contributed by atoms with Crippen LogP contribution in [0.1, 0.15) is 18.1 Å². The van der Waals surface area contributed by atoms with Crippen molar-refractivity contribution in [1.82, 2.24) is 0 Å². The molecule has 0 bridgehead atoms. The molecule has 0 spiro atoms. The summed E-state index contributed by atoms with van der Waals surface area (Å²) in [6, 6.07) is 24.0. The minimum Gasteiger partial charge on any atom is -0.596 e. The van der Waals surface area contributed by atoms with E-state index in [0.717, 1.165) is 16.2 Å². The number of hydrogen-bond donors (Lipinski definition) is 1. The molecule has 1 aliphatic rings. The maximum atomic E-state index is 13.3. The maximum Gasteiger partial charge on any atom is 0.213 e. The average Bonchev–Trinajstić information content (AvgIpc) is 3.08. The number of hydrazone groups is 1. The lowest BCUT2D eigenvalue weighted by atomic mass is 9.78. The standard InChI is InChI=1S/C27H31ClN4O2/c1-19-25(28)26(31(32(19)34)24-9-7-6-8-10-24)27(33,20-11-15-22(16-12-20)29(2)3)21-13-17-23(18-14-21)30(4)5/h6-18,25-26,33H,1-5H3. The third-order valence-corrected chi connectivity index (χ3v) is 7.09. The first-order chi connectivity index (χ1) is 16.2. The number of halogens is 1. The molecular weight excluding hydrogens is 448 g/mol. The molecular formula is C27H31ClN4O2. The van der Waals surface area contributed by atoms with Gasteiger partial charge in [-0.1, -0.05) is 47.3 Å². The monoisotopic (exact) mass is 478 g/mol. The number of alkyl halides is 1. The van der Waals surface area contributed by atoms with Crippen molar-refractivity contribution in [2.24, 2.45) is 0 Å². The molecule has 0 aliphatic carbocycles. The zero-order valence-electron chi connectivity index (χ0n) is 20.2. The number of hydrazine groups is 1. The number of hydrogen-bond acceptors (Lipinski definition) is 5. The van der Waals surface area contributed by atoms with Crippen LogP contribution in [0, 0.1) is 5.21 Å². The van der Waals surface area contributed by atoms with Crippen LogP contribution in [0.25, 0.3) is 0 Å². The van der Waals surface area contributed by atoms with Crippen LogP contribution in [-0.4, -0.2) is 55.3 Å². The van der Waals surface area contributed by atoms with Crippen molar-refractivity contribution in [2.45, 2.75) is 23.9 Å². The van der Waals surface area contributed by atoms with Crippen molar-refractivity contribution in [3.63, 3.8) is 0 Å². The van der Waals surface area contributed by atoms with E-state index in [0.29, 0.717) is 22.5 Å². The number of anilines is 3. The zero-order chi connectivity index (χ0) is 24.6. The van der Waals surface area contributed by atoms with E-state index in [-0.39, 0.29) is 0 Å². The van der Waals surface area contributed by atoms with Crippen LogP contribution >= 0.6 is 11.6 Å². The molecule has 7 heteroatoms. The molecule has 6 nitrogen and oxygen atoms in total. The minimum atomic E-state index is -1.57. The van der Waals surface area contributed by atoms with Crippen molar-refractivity contribution in [3.8, 4) is 0 Å². The molecule has 0 radical (unpaired) electrons. The van der Waals surface area contributed by atoms with Crippen molar-refractivity contribution < 1.29 is 9.95 Å². The Morgan fingerprint density at radius 1 is 0.824 bits per heavy atom. The van der Waals surface area contributed by atoms with Gasteiger partial charge in [-0.25, -0.2) is 0 Å². The molecule has 2 unspecified atom stereocenters. The predicted octanol–water partition coefficient (Wildman–Crippen LogP) is 4.44. The second kappa shape index (κ2) is 9.20. The van der Waals surface area contributed by atoms with Gasteiger partial charge in [-0.05, 0) is 47.5 Å². The summed E-state index contributed by atoms with van der Waals surface area (Å²) in [6.45, 7) is 1.71. The molecule has 0 fully saturated rings. The van der Waals surface area contributed by atoms with Gasteiger partial charge in [0.25, 0.3) is 0 Å². The van der Waals surface area contributed by atoms with E-state index in [2.05, 4.69) is 0 Å². The molecule has 4 rings (SSSR count). The van der Waals surface area contributed by atoms with E-state index in [1.807, 2.05) is 117 Å². The molecule has 1 heterocycles. The number of benzene rings is 3. The summed E-state index contributed by atoms with van der Waals surface area (Å²) >= 11 is 6.92. The maximum absolute atomic E-state index is 13.3. The average molecular weight is 479 g/mol. The molecule has 0 saturated carbocycles. The summed E-state index contributed by atoms with van der Waals surface area (Å²) in [6.07, 6.45) is 0. The topological polar surface area (TPSA) is 56.0 Å². The predicted molar refractivity (Wildman–Crippen MR) is 141 cm³/mol. The van der Waals surface area contributed by atoms with Crippen LogP contribution in [0.3, 0.4) is 0 Å². The fourth-order valence-corrected chi connectivity index (χ4v) is 4.88. The molecule has 0 saturated heterocycles. The Kier molecular flexibility index (Phi) is 6.47. The van der Waals surface area contributed by atoms with E-state index in [1.165, 1.54) is 0 Å². The minimum absolute atomic E-state index is 0.434. The molecule has 0 aromatic heterocycles. The Hall–Kier alpha value is -3.22. The van der Waals surface area contributed by atoms with Gasteiger partial charge < -0.3 is 20.1 Å². The van der Waals surface area contributed by atoms with Crippen LogP contribution in [0.5, 0.6) is 0 Å². The summed E-state index contributed by atoms with van der Waals surface area (Å²) in [4.78, 5) is 4.81. The molecule has 1 aliphatic heterocycles. The highest BCUT2D eigenvalue weighted by atomic mass is 35.5. The van der Waals surface area contributed by atoms with Gasteiger partial charge in [-0.2, -0.15) is 0 Å². The fraction of sp³-hybridized carbons (Fsp3) is 0.296. The van der Waals surface area contributed by atoms with E-state index < -0.39 is 17.0 Å². The Balaban J connectivity index is 1.93. The first kappa shape index (κ1) is 23.9. The summed E-state index contributed by atoms with van der Waals surface area (Å²) in [7, 11) is 7.88. The smallest absolute Gasteiger partial charge is 0.213 e. The van der Waals surface area contributed by atoms with Gasteiger partial charge in [0.2, 0.25) is 5.71 Å². The van der Waals surface area contributed by atoms with Crippen LogP contribution < -0.4 is 14.8 Å². The molecule has 0 amide bonds. The van der Waals surface area contributed by atoms with Gasteiger partial charge in [0.05, 0.1) is 0 Å². The first-order valence-electron chi connectivity index (χ1n) is 11.2. The van der Waals surface area contributed by atoms with Gasteiger partial charge in [0.15, 0.2) is 6.04 Å². The fourth-order valence-electron chi connectivity index (χ4n) is 4.51. The molecule has 2 atom stereocenters. The molecule has 1 N–H and O–H groups in total. The van der Waals surface area contributed by atoms with E-state index in [4.69, 9.17) is 11.6 Å². The molecule has 3 aromatic carbocycles. The Bertz CT molecular complexity index is 1110. The van der Waals surface area contributed by atoms with Crippen LogP contribution in [0.2, 0.25) is 0 Å². The van der Waals surface area contributed by atoms with Crippen LogP contribution in [0.4, 0.5) is 17.1 Å². The lowest BCUT2D eigenvalue weighted by Crippen LogP contribution is -2.54. The number of aliphatic hydroxyl groups is 1. The molecule has 34 heavy (non-hydrogen) atoms. The van der Waals surface area contributed by atoms with Gasteiger partial charge in [-0.15, -0.1) is 16.6 Å². The van der Waals surface area contributed by atoms with Gasteiger partial charge in [0.1, 0.15) is 16.7 Å². The highest BCUT2D eigenvalue weighted by Crippen LogP contribution is 2.43. The van der Waals surface area contributed by atoms with Gasteiger partial charge >= 0.3 is 0 Å². The lowest BCUT2D eigenvalue weighted by Gasteiger charge is -2.39. The highest BCUT2D eigenvalue weighted by molar-refractivity contribution is 6.32. The summed E-state index contributed by atoms with van der Waals surface area (Å²) in [5.74, 6) is 0. The Labute approximate surface area is 206 Å². The quantitative estimate of drug-likeness (QED) is 0.322. The van der Waals surface area contributed by atoms with E-state index in [1.54, 1.807) is 11.9 Å². The Morgan fingerprint density at radius 3 is 1.68 bits per heavy atom. The Morgan fingerprint density at radius 2 is 1.26 bits per heavy atom. The third kappa shape index (κ3) is 3.97. The summed E-state index contributed by atoms with van der Waals surface area (Å²) in [5, 5.41) is 26.8. The second-order valence-electron chi connectivity index (χ2n) is 9.09. The first-order valence-corrected chi connectivity index (χ1v) is 11.7. The molecule has 178 valence electrons.